The molecule has 8 heteroatoms. The van der Waals surface area contributed by atoms with Crippen molar-refractivity contribution in [1.82, 2.24) is 24.7 Å². The van der Waals surface area contributed by atoms with Crippen molar-refractivity contribution in [3.63, 3.8) is 0 Å². The van der Waals surface area contributed by atoms with Gasteiger partial charge in [-0.1, -0.05) is 58.9 Å². The van der Waals surface area contributed by atoms with E-state index < -0.39 is 11.0 Å². The highest BCUT2D eigenvalue weighted by molar-refractivity contribution is 5.93. The van der Waals surface area contributed by atoms with Crippen molar-refractivity contribution in [1.29, 1.82) is 0 Å². The van der Waals surface area contributed by atoms with Crippen LogP contribution in [0.1, 0.15) is 109 Å². The molecular weight excluding hydrogens is 589 g/mol. The molecule has 3 aromatic rings. The predicted molar refractivity (Wildman–Crippen MR) is 186 cm³/mol. The zero-order valence-corrected chi connectivity index (χ0v) is 29.3. The van der Waals surface area contributed by atoms with Crippen LogP contribution in [0.25, 0.3) is 11.0 Å². The number of para-hydroxylation sites is 2. The number of halogens is 1. The van der Waals surface area contributed by atoms with Gasteiger partial charge in [0.15, 0.2) is 0 Å². The van der Waals surface area contributed by atoms with E-state index in [2.05, 4.69) is 46.0 Å². The van der Waals surface area contributed by atoms with Crippen LogP contribution in [0, 0.1) is 24.1 Å². The molecular formula is C39H54FN5O2. The highest BCUT2D eigenvalue weighted by Crippen LogP contribution is 2.44. The van der Waals surface area contributed by atoms with E-state index in [-0.39, 0.29) is 23.5 Å². The Bertz CT molecular complexity index is 1580. The topological polar surface area (TPSA) is 70.5 Å². The summed E-state index contributed by atoms with van der Waals surface area (Å²) in [4.78, 5) is 36.9. The molecule has 3 unspecified atom stereocenters. The van der Waals surface area contributed by atoms with Crippen LogP contribution in [0.4, 0.5) is 4.39 Å². The molecule has 0 spiro atoms. The molecule has 1 N–H and O–H groups in total. The SMILES string of the molecule is CCC(CC)(NC(=O)C(C)(C)C)C(=O)N1CCC(CCN2[C@@H]3CC[C@H]2CC(n2c(C)nc4ccccc42)C3)C(c2cccc(F)c2)C1. The van der Waals surface area contributed by atoms with Gasteiger partial charge in [0, 0.05) is 42.5 Å². The van der Waals surface area contributed by atoms with Crippen molar-refractivity contribution in [2.24, 2.45) is 11.3 Å². The Kier molecular flexibility index (Phi) is 9.54. The minimum Gasteiger partial charge on any atom is -0.341 e. The molecule has 254 valence electrons. The standard InChI is InChI=1S/C39H54FN5O2/c1-7-39(8-2,42-36(46)38(4,5)6)37(47)43-20-18-27(33(25-43)28-12-11-13-29(40)22-28)19-21-44-30-16-17-31(44)24-32(23-30)45-26(3)41-34-14-9-10-15-35(34)45/h9-15,22,27,30-33H,7-8,16-21,23-25H2,1-6H3,(H,42,46)/t27?,30-,31+,32?,33?. The number of carbonyl (C=O) groups is 2. The van der Waals surface area contributed by atoms with Crippen LogP contribution in [0.3, 0.4) is 0 Å². The Hall–Kier alpha value is -3.26. The lowest BCUT2D eigenvalue weighted by Gasteiger charge is -2.45. The molecule has 1 aromatic heterocycles. The summed E-state index contributed by atoms with van der Waals surface area (Å²) < 4.78 is 17.1. The van der Waals surface area contributed by atoms with Crippen molar-refractivity contribution in [2.75, 3.05) is 19.6 Å². The first-order chi connectivity index (χ1) is 22.4. The highest BCUT2D eigenvalue weighted by atomic mass is 19.1. The monoisotopic (exact) mass is 643 g/mol. The quantitative estimate of drug-likeness (QED) is 0.264. The lowest BCUT2D eigenvalue weighted by Crippen LogP contribution is -2.62. The fraction of sp³-hybridized carbons (Fsp3) is 0.615. The van der Waals surface area contributed by atoms with Crippen LogP contribution in [0.2, 0.25) is 0 Å². The van der Waals surface area contributed by atoms with E-state index in [1.807, 2.05) is 45.6 Å². The van der Waals surface area contributed by atoms with Crippen LogP contribution in [-0.4, -0.2) is 68.4 Å². The smallest absolute Gasteiger partial charge is 0.248 e. The summed E-state index contributed by atoms with van der Waals surface area (Å²) in [5.74, 6) is 1.14. The highest BCUT2D eigenvalue weighted by Gasteiger charge is 2.45. The third kappa shape index (κ3) is 6.59. The van der Waals surface area contributed by atoms with Gasteiger partial charge in [-0.05, 0) is 101 Å². The maximum absolute atomic E-state index is 14.6. The molecule has 2 aromatic carbocycles. The minimum absolute atomic E-state index is 0.0117. The molecule has 3 saturated heterocycles. The van der Waals surface area contributed by atoms with E-state index in [4.69, 9.17) is 4.98 Å². The normalized spacial score (nSPS) is 25.3. The zero-order valence-electron chi connectivity index (χ0n) is 29.3. The fourth-order valence-electron chi connectivity index (χ4n) is 8.90. The van der Waals surface area contributed by atoms with Gasteiger partial charge in [0.05, 0.1) is 11.0 Å². The Labute approximate surface area is 280 Å². The number of piperidine rings is 2. The summed E-state index contributed by atoms with van der Waals surface area (Å²) in [5.41, 5.74) is 1.77. The number of carbonyl (C=O) groups excluding carboxylic acids is 2. The summed E-state index contributed by atoms with van der Waals surface area (Å²) in [6.07, 6.45) is 7.73. The summed E-state index contributed by atoms with van der Waals surface area (Å²) >= 11 is 0. The van der Waals surface area contributed by atoms with Gasteiger partial charge in [-0.15, -0.1) is 0 Å². The van der Waals surface area contributed by atoms with E-state index in [9.17, 15) is 14.0 Å². The number of nitrogens with zero attached hydrogens (tertiary/aromatic N) is 4. The summed E-state index contributed by atoms with van der Waals surface area (Å²) in [5, 5.41) is 3.15. The van der Waals surface area contributed by atoms with E-state index >= 15 is 0 Å². The number of hydrogen-bond donors (Lipinski definition) is 1. The van der Waals surface area contributed by atoms with Crippen LogP contribution in [0.5, 0.6) is 0 Å². The Morgan fingerprint density at radius 1 is 0.957 bits per heavy atom. The third-order valence-electron chi connectivity index (χ3n) is 11.7. The molecule has 2 bridgehead atoms. The number of imidazole rings is 1. The van der Waals surface area contributed by atoms with Crippen molar-refractivity contribution in [3.8, 4) is 0 Å². The Morgan fingerprint density at radius 3 is 2.32 bits per heavy atom. The molecule has 3 fully saturated rings. The first kappa shape index (κ1) is 33.6. The fourth-order valence-corrected chi connectivity index (χ4v) is 8.90. The van der Waals surface area contributed by atoms with Crippen molar-refractivity contribution in [3.05, 3.63) is 65.7 Å². The number of nitrogens with one attached hydrogen (secondary N) is 1. The second-order valence-corrected chi connectivity index (χ2v) is 15.5. The number of aromatic nitrogens is 2. The largest absolute Gasteiger partial charge is 0.341 e. The average Bonchev–Trinajstić information content (AvgIpc) is 3.51. The predicted octanol–water partition coefficient (Wildman–Crippen LogP) is 7.40. The second-order valence-electron chi connectivity index (χ2n) is 15.5. The van der Waals surface area contributed by atoms with Gasteiger partial charge in [-0.25, -0.2) is 9.37 Å². The van der Waals surface area contributed by atoms with Crippen LogP contribution >= 0.6 is 0 Å². The summed E-state index contributed by atoms with van der Waals surface area (Å²) in [6, 6.07) is 17.1. The van der Waals surface area contributed by atoms with Gasteiger partial charge in [0.1, 0.15) is 17.2 Å². The molecule has 4 heterocycles. The molecule has 0 saturated carbocycles. The van der Waals surface area contributed by atoms with Crippen molar-refractivity contribution < 1.29 is 14.0 Å². The maximum Gasteiger partial charge on any atom is 0.248 e. The molecule has 7 nitrogen and oxygen atoms in total. The van der Waals surface area contributed by atoms with Crippen molar-refractivity contribution >= 4 is 22.8 Å². The zero-order chi connectivity index (χ0) is 33.5. The van der Waals surface area contributed by atoms with E-state index in [0.29, 0.717) is 50.0 Å². The van der Waals surface area contributed by atoms with Crippen LogP contribution < -0.4 is 5.32 Å². The van der Waals surface area contributed by atoms with E-state index in [1.165, 1.54) is 24.4 Å². The number of fused-ring (bicyclic) bond motifs is 3. The number of hydrogen-bond acceptors (Lipinski definition) is 4. The van der Waals surface area contributed by atoms with E-state index in [1.54, 1.807) is 12.1 Å². The van der Waals surface area contributed by atoms with Crippen LogP contribution in [-0.2, 0) is 9.59 Å². The lowest BCUT2D eigenvalue weighted by atomic mass is 9.77. The summed E-state index contributed by atoms with van der Waals surface area (Å²) in [6.45, 7) is 14.0. The number of aryl methyl sites for hydroxylation is 1. The number of rotatable bonds is 9. The summed E-state index contributed by atoms with van der Waals surface area (Å²) in [7, 11) is 0. The van der Waals surface area contributed by atoms with Gasteiger partial charge in [-0.2, -0.15) is 0 Å². The molecule has 3 aliphatic heterocycles. The number of likely N-dealkylation sites (tertiary alicyclic amines) is 1. The molecule has 3 aliphatic rings. The van der Waals surface area contributed by atoms with Gasteiger partial charge < -0.3 is 14.8 Å². The minimum atomic E-state index is -0.938. The van der Waals surface area contributed by atoms with Gasteiger partial charge in [-0.3, -0.25) is 14.5 Å². The molecule has 47 heavy (non-hydrogen) atoms. The van der Waals surface area contributed by atoms with Crippen molar-refractivity contribution in [2.45, 2.75) is 122 Å². The molecule has 0 aliphatic carbocycles. The molecule has 0 radical (unpaired) electrons. The molecule has 5 atom stereocenters. The number of amides is 2. The van der Waals surface area contributed by atoms with Gasteiger partial charge in [0.2, 0.25) is 11.8 Å². The molecule has 2 amide bonds. The first-order valence-corrected chi connectivity index (χ1v) is 18.0. The first-order valence-electron chi connectivity index (χ1n) is 18.0. The van der Waals surface area contributed by atoms with Gasteiger partial charge >= 0.3 is 0 Å². The Balaban J connectivity index is 1.17. The van der Waals surface area contributed by atoms with Crippen LogP contribution in [0.15, 0.2) is 48.5 Å². The maximum atomic E-state index is 14.6. The number of benzene rings is 2. The third-order valence-corrected chi connectivity index (χ3v) is 11.7. The molecule has 6 rings (SSSR count). The Morgan fingerprint density at radius 2 is 1.66 bits per heavy atom. The van der Waals surface area contributed by atoms with E-state index in [0.717, 1.165) is 49.1 Å². The van der Waals surface area contributed by atoms with Gasteiger partial charge in [0.25, 0.3) is 0 Å². The second kappa shape index (κ2) is 13.3. The lowest BCUT2D eigenvalue weighted by molar-refractivity contribution is -0.146. The average molecular weight is 644 g/mol.